The number of fused-ring (bicyclic) bond motifs is 2. The van der Waals surface area contributed by atoms with Gasteiger partial charge < -0.3 is 15.8 Å². The van der Waals surface area contributed by atoms with Crippen LogP contribution in [0.2, 0.25) is 0 Å². The summed E-state index contributed by atoms with van der Waals surface area (Å²) in [4.78, 5) is 36.2. The van der Waals surface area contributed by atoms with Crippen molar-refractivity contribution >= 4 is 39.3 Å². The first-order valence-corrected chi connectivity index (χ1v) is 8.58. The third-order valence-electron chi connectivity index (χ3n) is 4.51. The highest BCUT2D eigenvalue weighted by atomic mass is 16.5. The monoisotopic (exact) mass is 364 g/mol. The molecule has 0 unspecified atom stereocenters. The maximum absolute atomic E-state index is 13.1. The highest BCUT2D eigenvalue weighted by Crippen LogP contribution is 2.28. The quantitative estimate of drug-likeness (QED) is 0.519. The van der Waals surface area contributed by atoms with Gasteiger partial charge in [0.2, 0.25) is 5.91 Å². The lowest BCUT2D eigenvalue weighted by molar-refractivity contribution is -0.140. The Morgan fingerprint density at radius 1 is 1.00 bits per heavy atom. The van der Waals surface area contributed by atoms with Gasteiger partial charge in [0, 0.05) is 6.42 Å². The van der Waals surface area contributed by atoms with Crippen LogP contribution in [0, 0.1) is 0 Å². The molecule has 0 saturated carbocycles. The third kappa shape index (κ3) is 3.89. The Labute approximate surface area is 156 Å². The molecule has 0 bridgehead atoms. The van der Waals surface area contributed by atoms with Gasteiger partial charge in [-0.05, 0) is 34.0 Å². The Bertz CT molecular complexity index is 975. The number of methoxy groups -OCH3 is 1. The van der Waals surface area contributed by atoms with Crippen LogP contribution < -0.4 is 11.1 Å². The molecule has 0 aliphatic carbocycles. The molecule has 0 fully saturated rings. The molecule has 6 heteroatoms. The van der Waals surface area contributed by atoms with Gasteiger partial charge in [0.15, 0.2) is 0 Å². The molecular weight excluding hydrogens is 344 g/mol. The second-order valence-corrected chi connectivity index (χ2v) is 6.24. The maximum Gasteiger partial charge on any atom is 0.305 e. The van der Waals surface area contributed by atoms with Gasteiger partial charge in [-0.15, -0.1) is 0 Å². The highest BCUT2D eigenvalue weighted by molar-refractivity contribution is 6.18. The number of nitrogens with two attached hydrogens (primary N) is 1. The Morgan fingerprint density at radius 3 is 2.07 bits per heavy atom. The second kappa shape index (κ2) is 7.86. The summed E-state index contributed by atoms with van der Waals surface area (Å²) in [5.74, 6) is -1.57. The molecule has 0 aliphatic rings. The van der Waals surface area contributed by atoms with Crippen LogP contribution in [0.15, 0.2) is 54.6 Å². The van der Waals surface area contributed by atoms with E-state index in [0.717, 1.165) is 21.5 Å². The smallest absolute Gasteiger partial charge is 0.305 e. The number of rotatable bonds is 6. The van der Waals surface area contributed by atoms with Crippen molar-refractivity contribution < 1.29 is 19.1 Å². The normalized spacial score (nSPS) is 11.9. The van der Waals surface area contributed by atoms with E-state index in [1.165, 1.54) is 7.11 Å². The van der Waals surface area contributed by atoms with E-state index in [2.05, 4.69) is 10.1 Å². The number of esters is 1. The lowest BCUT2D eigenvalue weighted by atomic mass is 9.96. The van der Waals surface area contributed by atoms with Gasteiger partial charge in [-0.1, -0.05) is 48.5 Å². The topological polar surface area (TPSA) is 98.5 Å². The number of ether oxygens (including phenoxy) is 1. The number of amides is 2. The van der Waals surface area contributed by atoms with Crippen molar-refractivity contribution in [1.29, 1.82) is 0 Å². The van der Waals surface area contributed by atoms with Crippen molar-refractivity contribution in [2.75, 3.05) is 7.11 Å². The standard InChI is InChI=1S/C21H20N2O4/c1-27-18(24)11-10-17(20(22)25)23-21(26)19-15-8-4-2-6-13(15)12-14-7-3-5-9-16(14)19/h2-9,12,17H,10-11H2,1H3,(H2,22,25)(H,23,26)/t17-/m1/s1. The van der Waals surface area contributed by atoms with Crippen molar-refractivity contribution in [1.82, 2.24) is 5.32 Å². The van der Waals surface area contributed by atoms with Crippen LogP contribution >= 0.6 is 0 Å². The van der Waals surface area contributed by atoms with E-state index in [1.807, 2.05) is 54.6 Å². The summed E-state index contributed by atoms with van der Waals surface area (Å²) in [5.41, 5.74) is 5.89. The Balaban J connectivity index is 2.00. The van der Waals surface area contributed by atoms with Gasteiger partial charge in [0.05, 0.1) is 12.7 Å². The molecule has 6 nitrogen and oxygen atoms in total. The van der Waals surface area contributed by atoms with E-state index in [0.29, 0.717) is 5.56 Å². The number of hydrogen-bond donors (Lipinski definition) is 2. The minimum absolute atomic E-state index is 0.0132. The minimum Gasteiger partial charge on any atom is -0.469 e. The molecule has 0 aliphatic heterocycles. The highest BCUT2D eigenvalue weighted by Gasteiger charge is 2.22. The zero-order valence-electron chi connectivity index (χ0n) is 14.9. The minimum atomic E-state index is -0.964. The van der Waals surface area contributed by atoms with Gasteiger partial charge in [-0.3, -0.25) is 14.4 Å². The first-order valence-electron chi connectivity index (χ1n) is 8.58. The van der Waals surface area contributed by atoms with E-state index in [4.69, 9.17) is 5.73 Å². The van der Waals surface area contributed by atoms with Gasteiger partial charge in [-0.25, -0.2) is 0 Å². The van der Waals surface area contributed by atoms with E-state index < -0.39 is 23.8 Å². The molecule has 0 saturated heterocycles. The van der Waals surface area contributed by atoms with Crippen LogP contribution in [0.25, 0.3) is 21.5 Å². The van der Waals surface area contributed by atoms with Crippen molar-refractivity contribution in [3.05, 3.63) is 60.2 Å². The molecule has 138 valence electrons. The van der Waals surface area contributed by atoms with Crippen molar-refractivity contribution in [2.45, 2.75) is 18.9 Å². The molecule has 0 heterocycles. The number of benzene rings is 3. The predicted molar refractivity (Wildman–Crippen MR) is 103 cm³/mol. The number of primary amides is 1. The largest absolute Gasteiger partial charge is 0.469 e. The molecule has 1 atom stereocenters. The molecule has 0 spiro atoms. The van der Waals surface area contributed by atoms with Gasteiger partial charge >= 0.3 is 5.97 Å². The number of carbonyl (C=O) groups excluding carboxylic acids is 3. The van der Waals surface area contributed by atoms with E-state index >= 15 is 0 Å². The lowest BCUT2D eigenvalue weighted by Crippen LogP contribution is -2.44. The first-order chi connectivity index (χ1) is 13.0. The fraction of sp³-hybridized carbons (Fsp3) is 0.190. The Hall–Kier alpha value is -3.41. The molecule has 27 heavy (non-hydrogen) atoms. The molecule has 0 radical (unpaired) electrons. The van der Waals surface area contributed by atoms with Crippen molar-refractivity contribution in [3.8, 4) is 0 Å². The Kier molecular flexibility index (Phi) is 5.35. The average molecular weight is 364 g/mol. The zero-order chi connectivity index (χ0) is 19.4. The lowest BCUT2D eigenvalue weighted by Gasteiger charge is -2.17. The van der Waals surface area contributed by atoms with Crippen molar-refractivity contribution in [3.63, 3.8) is 0 Å². The summed E-state index contributed by atoms with van der Waals surface area (Å²) in [7, 11) is 1.27. The summed E-state index contributed by atoms with van der Waals surface area (Å²) < 4.78 is 4.58. The summed E-state index contributed by atoms with van der Waals surface area (Å²) in [5, 5.41) is 6.09. The second-order valence-electron chi connectivity index (χ2n) is 6.24. The van der Waals surface area contributed by atoms with Crippen LogP contribution in [-0.2, 0) is 14.3 Å². The van der Waals surface area contributed by atoms with E-state index in [1.54, 1.807) is 0 Å². The average Bonchev–Trinajstić information content (AvgIpc) is 2.68. The van der Waals surface area contributed by atoms with Crippen LogP contribution in [-0.4, -0.2) is 30.9 Å². The van der Waals surface area contributed by atoms with Gasteiger partial charge in [-0.2, -0.15) is 0 Å². The fourth-order valence-corrected chi connectivity index (χ4v) is 3.14. The number of hydrogen-bond acceptors (Lipinski definition) is 4. The first kappa shape index (κ1) is 18.4. The van der Waals surface area contributed by atoms with Crippen LogP contribution in [0.4, 0.5) is 0 Å². The summed E-state index contributed by atoms with van der Waals surface area (Å²) in [6.45, 7) is 0. The van der Waals surface area contributed by atoms with Gasteiger partial charge in [0.25, 0.3) is 5.91 Å². The Morgan fingerprint density at radius 2 is 1.56 bits per heavy atom. The molecule has 3 aromatic rings. The molecule has 3 aromatic carbocycles. The van der Waals surface area contributed by atoms with E-state index in [-0.39, 0.29) is 12.8 Å². The molecule has 3 N–H and O–H groups in total. The van der Waals surface area contributed by atoms with E-state index in [9.17, 15) is 14.4 Å². The van der Waals surface area contributed by atoms with Crippen LogP contribution in [0.1, 0.15) is 23.2 Å². The molecule has 0 aromatic heterocycles. The van der Waals surface area contributed by atoms with Crippen LogP contribution in [0.5, 0.6) is 0 Å². The molecule has 3 rings (SSSR count). The third-order valence-corrected chi connectivity index (χ3v) is 4.51. The summed E-state index contributed by atoms with van der Waals surface area (Å²) in [6.07, 6.45) is 0.0666. The fourth-order valence-electron chi connectivity index (χ4n) is 3.14. The summed E-state index contributed by atoms with van der Waals surface area (Å²) >= 11 is 0. The van der Waals surface area contributed by atoms with Crippen LogP contribution in [0.3, 0.4) is 0 Å². The zero-order valence-corrected chi connectivity index (χ0v) is 14.9. The number of carbonyl (C=O) groups is 3. The SMILES string of the molecule is COC(=O)CC[C@@H](NC(=O)c1c2ccccc2cc2ccccc12)C(N)=O. The van der Waals surface area contributed by atoms with Gasteiger partial charge in [0.1, 0.15) is 6.04 Å². The molecule has 2 amide bonds. The molecular formula is C21H20N2O4. The maximum atomic E-state index is 13.1. The number of nitrogens with one attached hydrogen (secondary N) is 1. The predicted octanol–water partition coefficient (Wildman–Crippen LogP) is 2.53. The van der Waals surface area contributed by atoms with Crippen molar-refractivity contribution in [2.24, 2.45) is 5.73 Å². The summed E-state index contributed by atoms with van der Waals surface area (Å²) in [6, 6.07) is 16.2.